The number of fused-ring (bicyclic) bond motifs is 1. The van der Waals surface area contributed by atoms with Crippen LogP contribution in [0.15, 0.2) is 24.3 Å². The van der Waals surface area contributed by atoms with Crippen molar-refractivity contribution in [1.29, 1.82) is 0 Å². The lowest BCUT2D eigenvalue weighted by Crippen LogP contribution is -2.48. The van der Waals surface area contributed by atoms with Gasteiger partial charge in [0.1, 0.15) is 11.9 Å². The van der Waals surface area contributed by atoms with E-state index in [1.807, 2.05) is 24.3 Å². The van der Waals surface area contributed by atoms with E-state index in [1.165, 1.54) is 0 Å². The first-order valence-electron chi connectivity index (χ1n) is 12.3. The second-order valence-electron chi connectivity index (χ2n) is 9.75. The van der Waals surface area contributed by atoms with Crippen molar-refractivity contribution in [2.45, 2.75) is 51.7 Å². The molecule has 2 saturated heterocycles. The first-order chi connectivity index (χ1) is 16.0. The molecular weight excluding hydrogens is 423 g/mol. The fourth-order valence-corrected chi connectivity index (χ4v) is 4.62. The number of amides is 1. The van der Waals surface area contributed by atoms with Gasteiger partial charge in [-0.2, -0.15) is 0 Å². The predicted molar refractivity (Wildman–Crippen MR) is 128 cm³/mol. The van der Waals surface area contributed by atoms with Gasteiger partial charge in [0.05, 0.1) is 12.1 Å². The summed E-state index contributed by atoms with van der Waals surface area (Å²) in [7, 11) is 0. The molecule has 2 aliphatic rings. The molecule has 3 heterocycles. The minimum Gasteiger partial charge on any atom is -0.493 e. The number of ether oxygens (including phenoxy) is 2. The highest BCUT2D eigenvalue weighted by molar-refractivity contribution is 5.88. The highest BCUT2D eigenvalue weighted by atomic mass is 19.1. The van der Waals surface area contributed by atoms with Crippen molar-refractivity contribution in [3.8, 4) is 11.6 Å². The number of alkyl halides is 1. The maximum absolute atomic E-state index is 13.6. The fraction of sp³-hybridized carbons (Fsp3) is 0.640. The lowest BCUT2D eigenvalue weighted by atomic mass is 10.1. The highest BCUT2D eigenvalue weighted by Gasteiger charge is 2.24. The molecule has 7 nitrogen and oxygen atoms in total. The maximum atomic E-state index is 13.6. The van der Waals surface area contributed by atoms with Crippen molar-refractivity contribution < 1.29 is 18.7 Å². The number of aromatic nitrogens is 1. The number of carbonyl (C=O) groups excluding carboxylic acids is 1. The fourth-order valence-electron chi connectivity index (χ4n) is 4.62. The summed E-state index contributed by atoms with van der Waals surface area (Å²) in [4.78, 5) is 20.2. The van der Waals surface area contributed by atoms with Crippen molar-refractivity contribution in [3.63, 3.8) is 0 Å². The molecule has 2 N–H and O–H groups in total. The van der Waals surface area contributed by atoms with Crippen LogP contribution in [0.3, 0.4) is 0 Å². The lowest BCUT2D eigenvalue weighted by Gasteiger charge is -2.35. The van der Waals surface area contributed by atoms with Gasteiger partial charge in [-0.15, -0.1) is 0 Å². The average molecular weight is 461 g/mol. The molecule has 0 spiro atoms. The number of aromatic amines is 1. The van der Waals surface area contributed by atoms with Crippen LogP contribution in [0.4, 0.5) is 9.18 Å². The first kappa shape index (κ1) is 23.8. The van der Waals surface area contributed by atoms with Gasteiger partial charge in [0.25, 0.3) is 0 Å². The molecule has 1 aromatic heterocycles. The van der Waals surface area contributed by atoms with Crippen LogP contribution in [0.5, 0.6) is 11.6 Å². The molecule has 1 unspecified atom stereocenters. The zero-order chi connectivity index (χ0) is 23.2. The van der Waals surface area contributed by atoms with Gasteiger partial charge in [-0.25, -0.2) is 9.18 Å². The van der Waals surface area contributed by atoms with Crippen LogP contribution in [0.2, 0.25) is 0 Å². The smallest absolute Gasteiger partial charge is 0.414 e. The molecule has 2 aliphatic heterocycles. The number of carbonyl (C=O) groups is 1. The molecular formula is C25H37FN4O3. The van der Waals surface area contributed by atoms with E-state index in [2.05, 4.69) is 33.9 Å². The zero-order valence-corrected chi connectivity index (χ0v) is 19.8. The topological polar surface area (TPSA) is 69.8 Å². The number of hydrogen-bond acceptors (Lipinski definition) is 5. The molecule has 1 aromatic carbocycles. The Morgan fingerprint density at radius 3 is 2.73 bits per heavy atom. The van der Waals surface area contributed by atoms with E-state index in [0.717, 1.165) is 68.6 Å². The van der Waals surface area contributed by atoms with Gasteiger partial charge in [-0.3, -0.25) is 4.90 Å². The molecule has 1 amide bonds. The Hall–Kier alpha value is -2.32. The van der Waals surface area contributed by atoms with E-state index >= 15 is 0 Å². The van der Waals surface area contributed by atoms with Crippen LogP contribution in [-0.4, -0.2) is 79.0 Å². The maximum Gasteiger partial charge on any atom is 0.414 e. The molecule has 8 heteroatoms. The Balaban J connectivity index is 1.21. The van der Waals surface area contributed by atoms with E-state index in [4.69, 9.17) is 9.47 Å². The minimum absolute atomic E-state index is 0.105. The third kappa shape index (κ3) is 6.84. The van der Waals surface area contributed by atoms with Crippen molar-refractivity contribution in [2.75, 3.05) is 45.9 Å². The highest BCUT2D eigenvalue weighted by Crippen LogP contribution is 2.29. The van der Waals surface area contributed by atoms with Gasteiger partial charge in [0.2, 0.25) is 5.88 Å². The Morgan fingerprint density at radius 1 is 1.18 bits per heavy atom. The monoisotopic (exact) mass is 460 g/mol. The quantitative estimate of drug-likeness (QED) is 0.618. The zero-order valence-electron chi connectivity index (χ0n) is 19.8. The second kappa shape index (κ2) is 11.2. The van der Waals surface area contributed by atoms with E-state index in [0.29, 0.717) is 31.4 Å². The summed E-state index contributed by atoms with van der Waals surface area (Å²) in [5.74, 6) is 1.62. The molecule has 33 heavy (non-hydrogen) atoms. The summed E-state index contributed by atoms with van der Waals surface area (Å²) in [6.45, 7) is 10.2. The summed E-state index contributed by atoms with van der Waals surface area (Å²) in [5, 5.41) is 3.90. The van der Waals surface area contributed by atoms with Crippen LogP contribution < -0.4 is 14.8 Å². The number of benzene rings is 1. The molecule has 0 saturated carbocycles. The molecule has 1 atom stereocenters. The van der Waals surface area contributed by atoms with Crippen LogP contribution in [-0.2, 0) is 0 Å². The summed E-state index contributed by atoms with van der Waals surface area (Å²) in [6, 6.07) is 7.71. The van der Waals surface area contributed by atoms with Gasteiger partial charge < -0.3 is 24.7 Å². The van der Waals surface area contributed by atoms with Crippen molar-refractivity contribution in [1.82, 2.24) is 20.1 Å². The number of H-pyrrole nitrogens is 1. The second-order valence-corrected chi connectivity index (χ2v) is 9.75. The van der Waals surface area contributed by atoms with Gasteiger partial charge in [-0.1, -0.05) is 19.9 Å². The van der Waals surface area contributed by atoms with Crippen molar-refractivity contribution >= 4 is 17.0 Å². The van der Waals surface area contributed by atoms with Crippen molar-refractivity contribution in [2.24, 2.45) is 5.92 Å². The average Bonchev–Trinajstić information content (AvgIpc) is 3.20. The van der Waals surface area contributed by atoms with Crippen LogP contribution in [0.1, 0.15) is 39.5 Å². The van der Waals surface area contributed by atoms with Gasteiger partial charge >= 0.3 is 6.09 Å². The molecule has 2 aromatic rings. The van der Waals surface area contributed by atoms with Crippen molar-refractivity contribution in [3.05, 3.63) is 24.3 Å². The Bertz CT molecular complexity index is 910. The number of nitrogens with zero attached hydrogens (tertiary/aromatic N) is 2. The number of rotatable bonds is 8. The largest absolute Gasteiger partial charge is 0.493 e. The molecule has 2 fully saturated rings. The number of nitrogens with one attached hydrogen (secondary N) is 2. The summed E-state index contributed by atoms with van der Waals surface area (Å²) in [6.07, 6.45) is 2.33. The summed E-state index contributed by atoms with van der Waals surface area (Å²) in [5.41, 5.74) is 0.875. The normalized spacial score (nSPS) is 20.9. The molecule has 0 aliphatic carbocycles. The SMILES string of the molecule is CC(C)COc1cccc2[nH]c(OC(=O)NC3CCN(CCN4CCCC(F)C4)CC3)cc12. The van der Waals surface area contributed by atoms with Gasteiger partial charge in [-0.05, 0) is 50.3 Å². The van der Waals surface area contributed by atoms with E-state index < -0.39 is 12.3 Å². The Kier molecular flexibility index (Phi) is 8.09. The summed E-state index contributed by atoms with van der Waals surface area (Å²) >= 11 is 0. The Labute approximate surface area is 195 Å². The molecule has 0 bridgehead atoms. The lowest BCUT2D eigenvalue weighted by molar-refractivity contribution is 0.113. The number of piperidine rings is 2. The van der Waals surface area contributed by atoms with Gasteiger partial charge in [0.15, 0.2) is 0 Å². The molecule has 182 valence electrons. The van der Waals surface area contributed by atoms with Crippen LogP contribution in [0, 0.1) is 5.92 Å². The minimum atomic E-state index is -0.670. The summed E-state index contributed by atoms with van der Waals surface area (Å²) < 4.78 is 25.0. The number of likely N-dealkylation sites (tertiary alicyclic amines) is 2. The number of hydrogen-bond donors (Lipinski definition) is 2. The van der Waals surface area contributed by atoms with Crippen LogP contribution in [0.25, 0.3) is 10.9 Å². The molecule has 4 rings (SSSR count). The van der Waals surface area contributed by atoms with Crippen LogP contribution >= 0.6 is 0 Å². The van der Waals surface area contributed by atoms with E-state index in [9.17, 15) is 9.18 Å². The predicted octanol–water partition coefficient (Wildman–Crippen LogP) is 4.19. The third-order valence-electron chi connectivity index (χ3n) is 6.46. The number of halogens is 1. The van der Waals surface area contributed by atoms with E-state index in [-0.39, 0.29) is 6.04 Å². The molecule has 0 radical (unpaired) electrons. The third-order valence-corrected chi connectivity index (χ3v) is 6.46. The first-order valence-corrected chi connectivity index (χ1v) is 12.3. The standard InChI is InChI=1S/C25H37FN4O3/c1-18(2)17-32-23-7-3-6-22-21(23)15-24(28-22)33-25(31)27-20-8-11-29(12-9-20)13-14-30-10-4-5-19(26)16-30/h3,6-7,15,18-20,28H,4-5,8-14,16-17H2,1-2H3,(H,27,31). The Morgan fingerprint density at radius 2 is 1.97 bits per heavy atom. The van der Waals surface area contributed by atoms with Gasteiger partial charge in [0, 0.05) is 50.2 Å². The van der Waals surface area contributed by atoms with E-state index in [1.54, 1.807) is 0 Å².